The Hall–Kier alpha value is -1.00. The molecule has 1 heterocycles. The zero-order chi connectivity index (χ0) is 23.9. The van der Waals surface area contributed by atoms with Gasteiger partial charge in [-0.3, -0.25) is 9.55 Å². The number of allylic oxidation sites excluding steroid dienone is 1. The highest BCUT2D eigenvalue weighted by Gasteiger charge is 2.14. The molecule has 0 bridgehead atoms. The Morgan fingerprint density at radius 2 is 1.55 bits per heavy atom. The van der Waals surface area contributed by atoms with Crippen molar-refractivity contribution in [2.45, 2.75) is 110 Å². The second kappa shape index (κ2) is 24.1. The van der Waals surface area contributed by atoms with Crippen molar-refractivity contribution in [3.63, 3.8) is 0 Å². The van der Waals surface area contributed by atoms with Crippen molar-refractivity contribution >= 4 is 16.7 Å². The van der Waals surface area contributed by atoms with Crippen LogP contribution in [0.1, 0.15) is 104 Å². The molecule has 33 heavy (non-hydrogen) atoms. The Morgan fingerprint density at radius 1 is 1.00 bits per heavy atom. The van der Waals surface area contributed by atoms with Gasteiger partial charge in [0.05, 0.1) is 25.5 Å². The van der Waals surface area contributed by atoms with Crippen LogP contribution in [0, 0.1) is 0 Å². The summed E-state index contributed by atoms with van der Waals surface area (Å²) in [4.78, 5) is 6.52. The monoisotopic (exact) mass is 493 g/mol. The maximum absolute atomic E-state index is 9.56. The van der Waals surface area contributed by atoms with Gasteiger partial charge in [-0.25, -0.2) is 4.18 Å². The van der Waals surface area contributed by atoms with E-state index in [0.717, 1.165) is 19.5 Å². The lowest BCUT2D eigenvalue weighted by atomic mass is 10.0. The summed E-state index contributed by atoms with van der Waals surface area (Å²) in [6.07, 6.45) is 25.4. The molecule has 0 aliphatic carbocycles. The molecule has 5 N–H and O–H groups in total. The third kappa shape index (κ3) is 23.9. The van der Waals surface area contributed by atoms with Gasteiger partial charge in [0.15, 0.2) is 0 Å². The number of unbranched alkanes of at least 4 members (excludes halogenated alkanes) is 12. The molecule has 9 heteroatoms. The van der Waals surface area contributed by atoms with E-state index in [1.165, 1.54) is 90.4 Å². The molecule has 8 nitrogen and oxygen atoms in total. The molecule has 1 aliphatic heterocycles. The van der Waals surface area contributed by atoms with Crippen molar-refractivity contribution in [1.82, 2.24) is 11.1 Å². The van der Waals surface area contributed by atoms with Gasteiger partial charge in [-0.15, -0.1) is 0 Å². The lowest BCUT2D eigenvalue weighted by molar-refractivity contribution is 0.249. The third-order valence-electron chi connectivity index (χ3n) is 5.42. The Bertz CT molecular complexity index is 570. The van der Waals surface area contributed by atoms with Gasteiger partial charge in [-0.05, 0) is 26.2 Å². The molecule has 1 rings (SSSR count). The van der Waals surface area contributed by atoms with E-state index in [1.807, 2.05) is 6.34 Å². The fourth-order valence-corrected chi connectivity index (χ4v) is 3.95. The summed E-state index contributed by atoms with van der Waals surface area (Å²) in [7, 11) is -4.17. The first kappa shape index (κ1) is 34.2. The van der Waals surface area contributed by atoms with Crippen LogP contribution in [0.25, 0.3) is 0 Å². The normalized spacial score (nSPS) is 14.2. The van der Waals surface area contributed by atoms with Crippen LogP contribution in [0.4, 0.5) is 0 Å². The zero-order valence-electron chi connectivity index (χ0n) is 21.2. The van der Waals surface area contributed by atoms with E-state index in [0.29, 0.717) is 6.04 Å². The van der Waals surface area contributed by atoms with Crippen LogP contribution in [0.5, 0.6) is 0 Å². The van der Waals surface area contributed by atoms with E-state index in [9.17, 15) is 13.5 Å². The van der Waals surface area contributed by atoms with Crippen LogP contribution in [0.15, 0.2) is 17.1 Å². The highest BCUT2D eigenvalue weighted by Crippen LogP contribution is 2.13. The molecule has 1 atom stereocenters. The van der Waals surface area contributed by atoms with Gasteiger partial charge >= 0.3 is 10.4 Å². The molecule has 1 aliphatic rings. The summed E-state index contributed by atoms with van der Waals surface area (Å²) in [5.74, 6) is 0. The topological polar surface area (TPSA) is 134 Å². The maximum atomic E-state index is 9.56. The quantitative estimate of drug-likeness (QED) is 0.119. The van der Waals surface area contributed by atoms with Gasteiger partial charge in [-0.2, -0.15) is 8.42 Å². The first-order chi connectivity index (χ1) is 15.4. The fraction of sp³-hybridized carbons (Fsp3) is 0.875. The Labute approximate surface area is 203 Å². The molecule has 0 amide bonds. The second-order valence-electron chi connectivity index (χ2n) is 8.28. The average molecular weight is 494 g/mol. The Balaban J connectivity index is 0. The van der Waals surface area contributed by atoms with Crippen LogP contribution < -0.4 is 6.15 Å². The summed E-state index contributed by atoms with van der Waals surface area (Å²) in [5, 5.41) is 9.21. The number of aliphatic imine (C=N–C) groups is 1. The van der Waals surface area contributed by atoms with Crippen molar-refractivity contribution < 1.29 is 22.3 Å². The molecule has 0 saturated carbocycles. The molecule has 0 saturated heterocycles. The predicted octanol–water partition coefficient (Wildman–Crippen LogP) is 5.72. The Kier molecular flexibility index (Phi) is 25.0. The van der Waals surface area contributed by atoms with Crippen LogP contribution in [-0.2, 0) is 14.6 Å². The lowest BCUT2D eigenvalue weighted by Crippen LogP contribution is -2.32. The number of aliphatic hydroxyl groups is 1. The minimum absolute atomic E-state index is 0. The van der Waals surface area contributed by atoms with Crippen molar-refractivity contribution in [3.8, 4) is 0 Å². The molecule has 0 aromatic heterocycles. The fourth-order valence-electron chi connectivity index (χ4n) is 3.66. The molecule has 0 radical (unpaired) electrons. The van der Waals surface area contributed by atoms with Crippen molar-refractivity contribution in [1.29, 1.82) is 0 Å². The SMILES string of the molecule is CCCCCCCCCCCCCCC=CC(CCO)N1C=NCC1.CCOS(=O)(=O)O.N. The van der Waals surface area contributed by atoms with Gasteiger partial charge in [0.25, 0.3) is 0 Å². The Morgan fingerprint density at radius 3 is 1.94 bits per heavy atom. The molecule has 0 fully saturated rings. The molecular weight excluding hydrogens is 442 g/mol. The first-order valence-corrected chi connectivity index (χ1v) is 14.0. The summed E-state index contributed by atoms with van der Waals surface area (Å²) in [6, 6.07) is 0.327. The first-order valence-electron chi connectivity index (χ1n) is 12.6. The second-order valence-corrected chi connectivity index (χ2v) is 9.37. The minimum atomic E-state index is -4.17. The van der Waals surface area contributed by atoms with Gasteiger partial charge in [0, 0.05) is 13.2 Å². The van der Waals surface area contributed by atoms with Crippen LogP contribution in [0.2, 0.25) is 0 Å². The van der Waals surface area contributed by atoms with E-state index >= 15 is 0 Å². The van der Waals surface area contributed by atoms with Gasteiger partial charge in [-0.1, -0.05) is 89.7 Å². The third-order valence-corrected chi connectivity index (χ3v) is 5.95. The summed E-state index contributed by atoms with van der Waals surface area (Å²) < 4.78 is 30.7. The van der Waals surface area contributed by atoms with Gasteiger partial charge < -0.3 is 16.2 Å². The molecule has 1 unspecified atom stereocenters. The largest absolute Gasteiger partial charge is 0.397 e. The number of aliphatic hydroxyl groups excluding tert-OH is 1. The predicted molar refractivity (Wildman–Crippen MR) is 139 cm³/mol. The van der Waals surface area contributed by atoms with E-state index in [-0.39, 0.29) is 19.4 Å². The standard InChI is InChI=1S/C22H42N2O.C2H6O4S.H3N/c1-2-3-4-5-6-7-8-9-10-11-12-13-14-15-16-22(17-20-25)24-19-18-23-21-24;1-2-6-7(3,4)5;/h15-16,21-22,25H,2-14,17-20H2,1H3;2H2,1H3,(H,3,4,5);1H3. The van der Waals surface area contributed by atoms with Crippen molar-refractivity contribution in [2.24, 2.45) is 4.99 Å². The number of rotatable bonds is 19. The minimum Gasteiger partial charge on any atom is -0.396 e. The van der Waals surface area contributed by atoms with E-state index in [1.54, 1.807) is 0 Å². The highest BCUT2D eigenvalue weighted by molar-refractivity contribution is 7.80. The number of nitrogens with zero attached hydrogens (tertiary/aromatic N) is 2. The summed E-state index contributed by atoms with van der Waals surface area (Å²) in [6.45, 7) is 5.86. The number of hydrogen-bond acceptors (Lipinski definition) is 7. The van der Waals surface area contributed by atoms with Crippen LogP contribution in [-0.4, -0.2) is 61.7 Å². The molecule has 0 spiro atoms. The zero-order valence-corrected chi connectivity index (χ0v) is 22.0. The summed E-state index contributed by atoms with van der Waals surface area (Å²) >= 11 is 0. The van der Waals surface area contributed by atoms with E-state index < -0.39 is 10.4 Å². The smallest absolute Gasteiger partial charge is 0.396 e. The van der Waals surface area contributed by atoms with Crippen molar-refractivity contribution in [2.75, 3.05) is 26.3 Å². The van der Waals surface area contributed by atoms with E-state index in [4.69, 9.17) is 4.55 Å². The molecule has 198 valence electrons. The van der Waals surface area contributed by atoms with Gasteiger partial charge in [0.1, 0.15) is 0 Å². The molecule has 0 aromatic carbocycles. The van der Waals surface area contributed by atoms with Crippen molar-refractivity contribution in [3.05, 3.63) is 12.2 Å². The molecule has 0 aromatic rings. The van der Waals surface area contributed by atoms with Crippen LogP contribution >= 0.6 is 0 Å². The maximum Gasteiger partial charge on any atom is 0.397 e. The van der Waals surface area contributed by atoms with Gasteiger partial charge in [0.2, 0.25) is 0 Å². The lowest BCUT2D eigenvalue weighted by Gasteiger charge is -2.23. The van der Waals surface area contributed by atoms with Crippen LogP contribution in [0.3, 0.4) is 0 Å². The average Bonchev–Trinajstić information content (AvgIpc) is 3.27. The number of hydrogen-bond donors (Lipinski definition) is 3. The highest BCUT2D eigenvalue weighted by atomic mass is 32.3. The summed E-state index contributed by atoms with van der Waals surface area (Å²) in [5.41, 5.74) is 0. The van der Waals surface area contributed by atoms with E-state index in [2.05, 4.69) is 33.2 Å². The molecular formula is C24H51N3O5S.